The Morgan fingerprint density at radius 3 is 2.74 bits per heavy atom. The van der Waals surface area contributed by atoms with Crippen molar-refractivity contribution in [1.82, 2.24) is 4.98 Å². The number of hydrogen-bond acceptors (Lipinski definition) is 3. The van der Waals surface area contributed by atoms with Crippen LogP contribution in [0.1, 0.15) is 29.7 Å². The molecule has 2 rings (SSSR count). The van der Waals surface area contributed by atoms with Crippen molar-refractivity contribution < 1.29 is 5.11 Å². The van der Waals surface area contributed by atoms with Crippen LogP contribution in [0.15, 0.2) is 42.6 Å². The smallest absolute Gasteiger partial charge is 0.128 e. The summed E-state index contributed by atoms with van der Waals surface area (Å²) in [6, 6.07) is 12.2. The minimum atomic E-state index is -0.464. The number of pyridine rings is 1. The summed E-state index contributed by atoms with van der Waals surface area (Å²) in [5.41, 5.74) is 3.41. The van der Waals surface area contributed by atoms with Gasteiger partial charge in [0.1, 0.15) is 5.82 Å². The van der Waals surface area contributed by atoms with Crippen LogP contribution in [-0.4, -0.2) is 17.1 Å². The first-order valence-electron chi connectivity index (χ1n) is 6.47. The van der Waals surface area contributed by atoms with Gasteiger partial charge >= 0.3 is 0 Å². The number of hydrogen-bond donors (Lipinski definition) is 1. The zero-order chi connectivity index (χ0) is 13.8. The molecule has 0 saturated heterocycles. The van der Waals surface area contributed by atoms with E-state index in [9.17, 15) is 5.11 Å². The van der Waals surface area contributed by atoms with Crippen molar-refractivity contribution in [3.05, 3.63) is 59.3 Å². The Labute approximate surface area is 114 Å². The zero-order valence-corrected chi connectivity index (χ0v) is 11.7. The van der Waals surface area contributed by atoms with Crippen LogP contribution in [0.4, 0.5) is 5.82 Å². The largest absolute Gasteiger partial charge is 0.389 e. The fraction of sp³-hybridized carbons (Fsp3) is 0.312. The number of aromatic nitrogens is 1. The minimum Gasteiger partial charge on any atom is -0.389 e. The Kier molecular flexibility index (Phi) is 4.17. The van der Waals surface area contributed by atoms with Crippen molar-refractivity contribution in [3.63, 3.8) is 0 Å². The minimum absolute atomic E-state index is 0.464. The van der Waals surface area contributed by atoms with Crippen LogP contribution in [0.25, 0.3) is 0 Å². The predicted octanol–water partition coefficient (Wildman–Crippen LogP) is 3.08. The summed E-state index contributed by atoms with van der Waals surface area (Å²) in [4.78, 5) is 6.44. The highest BCUT2D eigenvalue weighted by molar-refractivity contribution is 5.41. The van der Waals surface area contributed by atoms with Gasteiger partial charge in [-0.25, -0.2) is 4.98 Å². The van der Waals surface area contributed by atoms with Crippen LogP contribution in [0.2, 0.25) is 0 Å². The maximum absolute atomic E-state index is 9.61. The van der Waals surface area contributed by atoms with Crippen molar-refractivity contribution in [2.24, 2.45) is 0 Å². The summed E-state index contributed by atoms with van der Waals surface area (Å²) in [6.07, 6.45) is 1.28. The Balaban J connectivity index is 2.15. The standard InChI is InChI=1S/C16H20N2O/c1-12-5-4-6-14(9-12)11-18(3)16-10-15(13(2)19)7-8-17-16/h4-10,13,19H,11H2,1-3H3. The van der Waals surface area contributed by atoms with Crippen molar-refractivity contribution in [1.29, 1.82) is 0 Å². The van der Waals surface area contributed by atoms with Crippen LogP contribution >= 0.6 is 0 Å². The molecule has 3 heteroatoms. The molecule has 0 saturated carbocycles. The first-order chi connectivity index (χ1) is 9.06. The van der Waals surface area contributed by atoms with E-state index in [2.05, 4.69) is 41.1 Å². The summed E-state index contributed by atoms with van der Waals surface area (Å²) >= 11 is 0. The van der Waals surface area contributed by atoms with Gasteiger partial charge in [-0.1, -0.05) is 29.8 Å². The van der Waals surface area contributed by atoms with Gasteiger partial charge in [0.25, 0.3) is 0 Å². The molecule has 0 radical (unpaired) electrons. The average molecular weight is 256 g/mol. The van der Waals surface area contributed by atoms with Gasteiger partial charge in [0.15, 0.2) is 0 Å². The van der Waals surface area contributed by atoms with E-state index in [1.54, 1.807) is 13.1 Å². The monoisotopic (exact) mass is 256 g/mol. The van der Waals surface area contributed by atoms with Gasteiger partial charge in [0.05, 0.1) is 6.10 Å². The van der Waals surface area contributed by atoms with Crippen LogP contribution in [-0.2, 0) is 6.54 Å². The highest BCUT2D eigenvalue weighted by atomic mass is 16.3. The second-order valence-electron chi connectivity index (χ2n) is 4.97. The topological polar surface area (TPSA) is 36.4 Å². The summed E-state index contributed by atoms with van der Waals surface area (Å²) in [6.45, 7) is 4.66. The van der Waals surface area contributed by atoms with E-state index in [1.807, 2.05) is 19.2 Å². The highest BCUT2D eigenvalue weighted by Gasteiger charge is 2.07. The molecule has 100 valence electrons. The third-order valence-electron chi connectivity index (χ3n) is 3.15. The number of anilines is 1. The second kappa shape index (κ2) is 5.85. The number of nitrogens with zero attached hydrogens (tertiary/aromatic N) is 2. The lowest BCUT2D eigenvalue weighted by molar-refractivity contribution is 0.199. The van der Waals surface area contributed by atoms with Crippen LogP contribution in [0.3, 0.4) is 0 Å². The zero-order valence-electron chi connectivity index (χ0n) is 11.7. The van der Waals surface area contributed by atoms with Crippen molar-refractivity contribution in [2.75, 3.05) is 11.9 Å². The van der Waals surface area contributed by atoms with Crippen molar-refractivity contribution in [3.8, 4) is 0 Å². The third kappa shape index (κ3) is 3.55. The summed E-state index contributed by atoms with van der Waals surface area (Å²) in [5.74, 6) is 0.875. The van der Waals surface area contributed by atoms with Crippen LogP contribution < -0.4 is 4.90 Å². The van der Waals surface area contributed by atoms with Gasteiger partial charge in [0, 0.05) is 19.8 Å². The molecule has 0 spiro atoms. The summed E-state index contributed by atoms with van der Waals surface area (Å²) < 4.78 is 0. The predicted molar refractivity (Wildman–Crippen MR) is 78.2 cm³/mol. The van der Waals surface area contributed by atoms with Crippen LogP contribution in [0, 0.1) is 6.92 Å². The Bertz CT molecular complexity index is 552. The average Bonchev–Trinajstić information content (AvgIpc) is 2.39. The van der Waals surface area contributed by atoms with E-state index in [1.165, 1.54) is 11.1 Å². The summed E-state index contributed by atoms with van der Waals surface area (Å²) in [7, 11) is 2.01. The number of rotatable bonds is 4. The Morgan fingerprint density at radius 1 is 1.26 bits per heavy atom. The lowest BCUT2D eigenvalue weighted by Crippen LogP contribution is -2.18. The lowest BCUT2D eigenvalue weighted by atomic mass is 10.1. The highest BCUT2D eigenvalue weighted by Crippen LogP contribution is 2.18. The lowest BCUT2D eigenvalue weighted by Gasteiger charge is -2.19. The third-order valence-corrected chi connectivity index (χ3v) is 3.15. The Hall–Kier alpha value is -1.87. The molecule has 0 amide bonds. The number of benzene rings is 1. The maximum atomic E-state index is 9.61. The molecule has 0 fully saturated rings. The second-order valence-corrected chi connectivity index (χ2v) is 4.97. The molecule has 0 aliphatic carbocycles. The van der Waals surface area contributed by atoms with Crippen molar-refractivity contribution in [2.45, 2.75) is 26.5 Å². The molecule has 0 bridgehead atoms. The molecule has 2 aromatic rings. The van der Waals surface area contributed by atoms with Gasteiger partial charge in [0.2, 0.25) is 0 Å². The number of aliphatic hydroxyl groups excluding tert-OH is 1. The van der Waals surface area contributed by atoms with E-state index in [-0.39, 0.29) is 0 Å². The first-order valence-corrected chi connectivity index (χ1v) is 6.47. The molecule has 1 unspecified atom stereocenters. The molecule has 1 N–H and O–H groups in total. The van der Waals surface area contributed by atoms with E-state index in [0.717, 1.165) is 17.9 Å². The Morgan fingerprint density at radius 2 is 2.05 bits per heavy atom. The molecule has 1 heterocycles. The van der Waals surface area contributed by atoms with Crippen molar-refractivity contribution >= 4 is 5.82 Å². The fourth-order valence-corrected chi connectivity index (χ4v) is 2.07. The maximum Gasteiger partial charge on any atom is 0.128 e. The van der Waals surface area contributed by atoms with E-state index >= 15 is 0 Å². The number of aryl methyl sites for hydroxylation is 1. The molecule has 3 nitrogen and oxygen atoms in total. The molecule has 0 aliphatic rings. The molecule has 1 atom stereocenters. The molecule has 0 aliphatic heterocycles. The number of aliphatic hydroxyl groups is 1. The van der Waals surface area contributed by atoms with Gasteiger partial charge in [-0.2, -0.15) is 0 Å². The molecule has 1 aromatic carbocycles. The van der Waals surface area contributed by atoms with Gasteiger partial charge in [-0.3, -0.25) is 0 Å². The van der Waals surface area contributed by atoms with Gasteiger partial charge < -0.3 is 10.0 Å². The molecular weight excluding hydrogens is 236 g/mol. The normalized spacial score (nSPS) is 12.2. The fourth-order valence-electron chi connectivity index (χ4n) is 2.07. The van der Waals surface area contributed by atoms with E-state index in [0.29, 0.717) is 0 Å². The molecular formula is C16H20N2O. The SMILES string of the molecule is Cc1cccc(CN(C)c2cc(C(C)O)ccn2)c1. The molecule has 19 heavy (non-hydrogen) atoms. The van der Waals surface area contributed by atoms with E-state index < -0.39 is 6.10 Å². The van der Waals surface area contributed by atoms with E-state index in [4.69, 9.17) is 0 Å². The first kappa shape index (κ1) is 13.6. The van der Waals surface area contributed by atoms with Gasteiger partial charge in [-0.15, -0.1) is 0 Å². The van der Waals surface area contributed by atoms with Crippen LogP contribution in [0.5, 0.6) is 0 Å². The summed E-state index contributed by atoms with van der Waals surface area (Å²) in [5, 5.41) is 9.61. The molecule has 1 aromatic heterocycles. The van der Waals surface area contributed by atoms with Gasteiger partial charge in [-0.05, 0) is 37.1 Å². The quantitative estimate of drug-likeness (QED) is 0.913.